The van der Waals surface area contributed by atoms with Gasteiger partial charge in [-0.2, -0.15) is 0 Å². The van der Waals surface area contributed by atoms with Crippen molar-refractivity contribution in [3.63, 3.8) is 0 Å². The van der Waals surface area contributed by atoms with Gasteiger partial charge in [-0.3, -0.25) is 7.05 Å². The molecule has 2 aliphatic rings. The minimum atomic E-state index is 0. The molecule has 120 valence electrons. The van der Waals surface area contributed by atoms with Gasteiger partial charge in [0.25, 0.3) is 0 Å². The molecular weight excluding hydrogens is 345 g/mol. The van der Waals surface area contributed by atoms with Crippen LogP contribution in [0.4, 0.5) is 5.69 Å². The van der Waals surface area contributed by atoms with Crippen LogP contribution < -0.4 is 4.90 Å². The molecule has 0 aliphatic heterocycles. The van der Waals surface area contributed by atoms with Crippen LogP contribution in [0.2, 0.25) is 0 Å². The van der Waals surface area contributed by atoms with Crippen molar-refractivity contribution in [2.24, 2.45) is 0 Å². The van der Waals surface area contributed by atoms with E-state index in [1.165, 1.54) is 38.5 Å². The molecule has 0 saturated heterocycles. The molecule has 0 heterocycles. The summed E-state index contributed by atoms with van der Waals surface area (Å²) in [5.41, 5.74) is 1.14. The zero-order valence-corrected chi connectivity index (χ0v) is 17.1. The summed E-state index contributed by atoms with van der Waals surface area (Å²) in [6.45, 7) is 0. The van der Waals surface area contributed by atoms with Crippen LogP contribution >= 0.6 is 0 Å². The largest absolute Gasteiger partial charge is 4.00 e. The van der Waals surface area contributed by atoms with Gasteiger partial charge >= 0.3 is 26.2 Å². The molecular formula is C20H32NZr+. The third-order valence-corrected chi connectivity index (χ3v) is 3.01. The molecule has 0 radical (unpaired) electrons. The maximum absolute atomic E-state index is 3.74. The third-order valence-electron chi connectivity index (χ3n) is 3.01. The second-order valence-electron chi connectivity index (χ2n) is 4.84. The standard InChI is InChI=1S/C8H10N.2C5H8.2CH3.Zr/c1-9(2)8-6-4-3-5-7-8;2*1-2-4-5-3-1;;;/h3-7H,1H2,2H3;2*1-2H,3-5H2;2*1H3;/q-1;;;2*-1;+4. The number of para-hydroxylation sites is 1. The van der Waals surface area contributed by atoms with Gasteiger partial charge in [0.2, 0.25) is 0 Å². The van der Waals surface area contributed by atoms with Gasteiger partial charge in [0.1, 0.15) is 0 Å². The minimum absolute atomic E-state index is 0. The summed E-state index contributed by atoms with van der Waals surface area (Å²) in [5, 5.41) is 0. The summed E-state index contributed by atoms with van der Waals surface area (Å²) < 4.78 is 0. The van der Waals surface area contributed by atoms with E-state index in [1.54, 1.807) is 0 Å². The number of allylic oxidation sites excluding steroid dienone is 4. The van der Waals surface area contributed by atoms with Crippen molar-refractivity contribution in [3.05, 3.63) is 76.5 Å². The van der Waals surface area contributed by atoms with Crippen LogP contribution in [0, 0.1) is 21.9 Å². The molecule has 22 heavy (non-hydrogen) atoms. The van der Waals surface area contributed by atoms with Crippen molar-refractivity contribution >= 4 is 5.69 Å². The van der Waals surface area contributed by atoms with Crippen molar-refractivity contribution < 1.29 is 26.2 Å². The molecule has 0 bridgehead atoms. The minimum Gasteiger partial charge on any atom is -0.528 e. The number of benzene rings is 1. The molecule has 0 fully saturated rings. The topological polar surface area (TPSA) is 3.24 Å². The number of hydrogen-bond acceptors (Lipinski definition) is 1. The Bertz CT molecular complexity index is 341. The Labute approximate surface area is 158 Å². The third kappa shape index (κ3) is 14.3. The summed E-state index contributed by atoms with van der Waals surface area (Å²) in [6, 6.07) is 10.0. The summed E-state index contributed by atoms with van der Waals surface area (Å²) in [4.78, 5) is 1.83. The van der Waals surface area contributed by atoms with E-state index < -0.39 is 0 Å². The maximum Gasteiger partial charge on any atom is 4.00 e. The molecule has 0 saturated carbocycles. The second kappa shape index (κ2) is 18.4. The van der Waals surface area contributed by atoms with Crippen LogP contribution in [-0.4, -0.2) is 7.05 Å². The fourth-order valence-corrected chi connectivity index (χ4v) is 1.86. The first-order chi connectivity index (χ1) is 9.30. The molecule has 2 heteroatoms. The van der Waals surface area contributed by atoms with Crippen molar-refractivity contribution in [1.82, 2.24) is 0 Å². The van der Waals surface area contributed by atoms with Gasteiger partial charge in [0, 0.05) is 5.69 Å². The Morgan fingerprint density at radius 1 is 0.773 bits per heavy atom. The van der Waals surface area contributed by atoms with Crippen LogP contribution in [0.1, 0.15) is 38.5 Å². The van der Waals surface area contributed by atoms with E-state index in [2.05, 4.69) is 31.4 Å². The predicted octanol–water partition coefficient (Wildman–Crippen LogP) is 6.27. The number of nitrogens with zero attached hydrogens (tertiary/aromatic N) is 1. The Hall–Kier alpha value is -0.617. The molecule has 1 aromatic rings. The van der Waals surface area contributed by atoms with E-state index in [1.807, 2.05) is 42.3 Å². The second-order valence-corrected chi connectivity index (χ2v) is 4.84. The van der Waals surface area contributed by atoms with Gasteiger partial charge in [-0.05, 0) is 57.7 Å². The summed E-state index contributed by atoms with van der Waals surface area (Å²) in [5.74, 6) is 0. The Morgan fingerprint density at radius 2 is 1.14 bits per heavy atom. The van der Waals surface area contributed by atoms with Crippen molar-refractivity contribution in [2.75, 3.05) is 11.9 Å². The fraction of sp³-hybridized carbons (Fsp3) is 0.350. The molecule has 0 amide bonds. The quantitative estimate of drug-likeness (QED) is 0.412. The van der Waals surface area contributed by atoms with E-state index >= 15 is 0 Å². The Kier molecular flexibility index (Phi) is 22.0. The van der Waals surface area contributed by atoms with E-state index in [9.17, 15) is 0 Å². The van der Waals surface area contributed by atoms with Crippen molar-refractivity contribution in [2.45, 2.75) is 38.5 Å². The molecule has 0 atom stereocenters. The average Bonchev–Trinajstić information content (AvgIpc) is 3.18. The zero-order chi connectivity index (χ0) is 13.8. The summed E-state index contributed by atoms with van der Waals surface area (Å²) in [6.07, 6.45) is 17.0. The van der Waals surface area contributed by atoms with Gasteiger partial charge in [-0.25, -0.2) is 0 Å². The molecule has 2 aliphatic carbocycles. The number of hydrogen-bond donors (Lipinski definition) is 0. The van der Waals surface area contributed by atoms with Crippen LogP contribution in [0.15, 0.2) is 54.6 Å². The molecule has 0 unspecified atom stereocenters. The molecule has 3 rings (SSSR count). The van der Waals surface area contributed by atoms with Crippen LogP contribution in [0.25, 0.3) is 0 Å². The van der Waals surface area contributed by atoms with E-state index in [4.69, 9.17) is 0 Å². The average molecular weight is 378 g/mol. The number of anilines is 1. The molecule has 1 aromatic carbocycles. The normalized spacial score (nSPS) is 13.2. The van der Waals surface area contributed by atoms with Gasteiger partial charge in [0.15, 0.2) is 0 Å². The van der Waals surface area contributed by atoms with E-state index in [0.717, 1.165) is 5.69 Å². The smallest absolute Gasteiger partial charge is 0.528 e. The zero-order valence-electron chi connectivity index (χ0n) is 14.6. The van der Waals surface area contributed by atoms with Gasteiger partial charge in [-0.15, -0.1) is 0 Å². The SMILES string of the molecule is C1=CCCC1.C1=CCCC1.[CH2-]N(C)c1ccccc1.[CH3-].[CH3-].[Zr+4]. The van der Waals surface area contributed by atoms with E-state index in [-0.39, 0.29) is 41.1 Å². The van der Waals surface area contributed by atoms with Crippen LogP contribution in [0.3, 0.4) is 0 Å². The fourth-order valence-electron chi connectivity index (χ4n) is 1.86. The maximum atomic E-state index is 3.74. The molecule has 1 nitrogen and oxygen atoms in total. The summed E-state index contributed by atoms with van der Waals surface area (Å²) >= 11 is 0. The van der Waals surface area contributed by atoms with Crippen LogP contribution in [0.5, 0.6) is 0 Å². The van der Waals surface area contributed by atoms with Crippen LogP contribution in [-0.2, 0) is 26.2 Å². The first-order valence-corrected chi connectivity index (χ1v) is 7.20. The van der Waals surface area contributed by atoms with Crippen molar-refractivity contribution in [3.8, 4) is 0 Å². The van der Waals surface area contributed by atoms with Gasteiger partial charge in [-0.1, -0.05) is 42.5 Å². The Balaban J connectivity index is -0.000000243. The molecule has 0 aromatic heterocycles. The number of rotatable bonds is 1. The predicted molar refractivity (Wildman–Crippen MR) is 99.0 cm³/mol. The first-order valence-electron chi connectivity index (χ1n) is 7.20. The van der Waals surface area contributed by atoms with Gasteiger partial charge < -0.3 is 19.8 Å². The Morgan fingerprint density at radius 3 is 1.32 bits per heavy atom. The first kappa shape index (κ1) is 26.3. The molecule has 0 spiro atoms. The monoisotopic (exact) mass is 376 g/mol. The molecule has 0 N–H and O–H groups in total. The summed E-state index contributed by atoms with van der Waals surface area (Å²) in [7, 11) is 5.67. The van der Waals surface area contributed by atoms with E-state index in [0.29, 0.717) is 0 Å². The van der Waals surface area contributed by atoms with Crippen molar-refractivity contribution in [1.29, 1.82) is 0 Å². The van der Waals surface area contributed by atoms with Gasteiger partial charge in [0.05, 0.1) is 0 Å².